The Kier molecular flexibility index (Phi) is 15.6. The Morgan fingerprint density at radius 1 is 0.707 bits per heavy atom. The number of carbonyl (C=O) groups is 4. The summed E-state index contributed by atoms with van der Waals surface area (Å²) in [5.41, 5.74) is 6.36. The van der Waals surface area contributed by atoms with Crippen molar-refractivity contribution in [2.24, 2.45) is 29.4 Å². The van der Waals surface area contributed by atoms with Crippen molar-refractivity contribution in [2.45, 2.75) is 73.3 Å². The maximum absolute atomic E-state index is 12.4. The Bertz CT molecular complexity index is 993. The first-order chi connectivity index (χ1) is 19.2. The van der Waals surface area contributed by atoms with Crippen LogP contribution in [0.15, 0.2) is 18.2 Å². The minimum Gasteiger partial charge on any atom is -0.480 e. The molecule has 12 nitrogen and oxygen atoms in total. The van der Waals surface area contributed by atoms with Crippen LogP contribution < -0.4 is 15.2 Å². The van der Waals surface area contributed by atoms with Crippen LogP contribution in [-0.4, -0.2) is 62.0 Å². The molecule has 0 fully saturated rings. The zero-order chi connectivity index (χ0) is 31.1. The first kappa shape index (κ1) is 35.5. The molecule has 0 aliphatic heterocycles. The lowest BCUT2D eigenvalue weighted by molar-refractivity contribution is -0.139. The van der Waals surface area contributed by atoms with Crippen molar-refractivity contribution >= 4 is 24.4 Å². The van der Waals surface area contributed by atoms with Gasteiger partial charge in [-0.1, -0.05) is 54.5 Å². The third kappa shape index (κ3) is 14.1. The van der Waals surface area contributed by atoms with Crippen LogP contribution in [0.4, 0.5) is 14.4 Å². The van der Waals surface area contributed by atoms with E-state index < -0.39 is 42.3 Å². The molecule has 1 aromatic rings. The number of benzene rings is 1. The van der Waals surface area contributed by atoms with Crippen LogP contribution in [0.1, 0.15) is 72.8 Å². The van der Waals surface area contributed by atoms with Crippen molar-refractivity contribution in [1.82, 2.24) is 0 Å². The summed E-state index contributed by atoms with van der Waals surface area (Å²) in [4.78, 5) is 48.5. The van der Waals surface area contributed by atoms with Gasteiger partial charge >= 0.3 is 24.4 Å². The summed E-state index contributed by atoms with van der Waals surface area (Å²) >= 11 is 0. The zero-order valence-electron chi connectivity index (χ0n) is 25.0. The van der Waals surface area contributed by atoms with Crippen molar-refractivity contribution < 1.29 is 52.7 Å². The molecular weight excluding hydrogens is 538 g/mol. The second-order valence-electron chi connectivity index (χ2n) is 11.1. The Balaban J connectivity index is 3.25. The number of hydrogen-bond donors (Lipinski definition) is 2. The molecule has 1 aromatic carbocycles. The molecule has 0 aliphatic rings. The monoisotopic (exact) mass is 583 g/mol. The number of nitrogens with two attached hydrogens (primary N) is 1. The minimum atomic E-state index is -1.42. The molecule has 232 valence electrons. The normalized spacial score (nSPS) is 13.3. The predicted octanol–water partition coefficient (Wildman–Crippen LogP) is 5.75. The van der Waals surface area contributed by atoms with Crippen molar-refractivity contribution in [3.05, 3.63) is 23.8 Å². The number of rotatable bonds is 16. The summed E-state index contributed by atoms with van der Waals surface area (Å²) in [7, 11) is 0. The average Bonchev–Trinajstić information content (AvgIpc) is 2.87. The zero-order valence-corrected chi connectivity index (χ0v) is 25.0. The van der Waals surface area contributed by atoms with Gasteiger partial charge in [-0.05, 0) is 54.2 Å². The van der Waals surface area contributed by atoms with E-state index in [0.717, 1.165) is 0 Å². The first-order valence-electron chi connectivity index (χ1n) is 13.8. The highest BCUT2D eigenvalue weighted by molar-refractivity contribution is 5.75. The number of aliphatic carboxylic acids is 1. The summed E-state index contributed by atoms with van der Waals surface area (Å²) in [6.45, 7) is 13.5. The molecule has 41 heavy (non-hydrogen) atoms. The molecule has 0 amide bonds. The van der Waals surface area contributed by atoms with Crippen LogP contribution in [0, 0.1) is 23.7 Å². The van der Waals surface area contributed by atoms with E-state index >= 15 is 0 Å². The SMILES string of the molecule is CC(C)CCOC(=O)Oc1ccc(C(C(C)COC(=O)OCC(C)C)[C@H](N)C(=O)O)cc1OC(=O)OCCC(C)C. The van der Waals surface area contributed by atoms with Gasteiger partial charge in [0.05, 0.1) is 26.4 Å². The lowest BCUT2D eigenvalue weighted by atomic mass is 9.82. The second kappa shape index (κ2) is 18.0. The third-order valence-corrected chi connectivity index (χ3v) is 5.85. The fourth-order valence-electron chi connectivity index (χ4n) is 3.51. The van der Waals surface area contributed by atoms with E-state index in [4.69, 9.17) is 34.2 Å². The van der Waals surface area contributed by atoms with E-state index in [9.17, 15) is 24.3 Å². The largest absolute Gasteiger partial charge is 0.513 e. The molecular formula is C29H45NO11. The number of carboxylic acids is 1. The summed E-state index contributed by atoms with van der Waals surface area (Å²) < 4.78 is 31.0. The standard InChI is InChI=1S/C29H45NO11/c1-17(2)10-12-36-28(34)40-22-9-8-21(14-23(22)41-29(35)37-13-11-18(3)4)24(25(30)26(31)32)20(7)16-39-27(33)38-15-19(5)6/h8-9,14,17-20,24-25H,10-13,15-16,30H2,1-7H3,(H,31,32)/t20?,24?,25-/m0/s1. The fraction of sp³-hybridized carbons (Fsp3) is 0.655. The van der Waals surface area contributed by atoms with Gasteiger partial charge in [-0.15, -0.1) is 0 Å². The van der Waals surface area contributed by atoms with Crippen molar-refractivity contribution in [3.63, 3.8) is 0 Å². The maximum atomic E-state index is 12.4. The minimum absolute atomic E-state index is 0.108. The van der Waals surface area contributed by atoms with Gasteiger partial charge in [0.2, 0.25) is 0 Å². The van der Waals surface area contributed by atoms with Crippen LogP contribution in [-0.2, 0) is 23.7 Å². The summed E-state index contributed by atoms with van der Waals surface area (Å²) in [5.74, 6) is -2.46. The Morgan fingerprint density at radius 3 is 1.71 bits per heavy atom. The van der Waals surface area contributed by atoms with Gasteiger partial charge in [0.1, 0.15) is 6.04 Å². The quantitative estimate of drug-likeness (QED) is 0.137. The Hall–Kier alpha value is -3.54. The molecule has 0 aromatic heterocycles. The van der Waals surface area contributed by atoms with Crippen LogP contribution in [0.2, 0.25) is 0 Å². The molecule has 1 rings (SSSR count). The van der Waals surface area contributed by atoms with E-state index in [1.165, 1.54) is 18.2 Å². The van der Waals surface area contributed by atoms with Crippen LogP contribution in [0.25, 0.3) is 0 Å². The first-order valence-corrected chi connectivity index (χ1v) is 13.8. The predicted molar refractivity (Wildman–Crippen MR) is 149 cm³/mol. The van der Waals surface area contributed by atoms with Crippen molar-refractivity contribution in [2.75, 3.05) is 26.4 Å². The second-order valence-corrected chi connectivity index (χ2v) is 11.1. The molecule has 0 bridgehead atoms. The molecule has 0 saturated heterocycles. The van der Waals surface area contributed by atoms with E-state index in [1.807, 2.05) is 41.5 Å². The Labute approximate surface area is 241 Å². The number of carboxylic acid groups (broad SMARTS) is 1. The van der Waals surface area contributed by atoms with Crippen molar-refractivity contribution in [3.8, 4) is 11.5 Å². The molecule has 0 saturated carbocycles. The van der Waals surface area contributed by atoms with Gasteiger partial charge in [0, 0.05) is 5.92 Å². The van der Waals surface area contributed by atoms with E-state index in [-0.39, 0.29) is 49.8 Å². The molecule has 2 unspecified atom stereocenters. The molecule has 12 heteroatoms. The molecule has 0 aliphatic carbocycles. The smallest absolute Gasteiger partial charge is 0.480 e. The highest BCUT2D eigenvalue weighted by atomic mass is 16.7. The molecule has 0 spiro atoms. The van der Waals surface area contributed by atoms with E-state index in [1.54, 1.807) is 6.92 Å². The highest BCUT2D eigenvalue weighted by Crippen LogP contribution is 2.36. The van der Waals surface area contributed by atoms with E-state index in [0.29, 0.717) is 24.3 Å². The molecule has 0 heterocycles. The summed E-state index contributed by atoms with van der Waals surface area (Å²) in [5, 5.41) is 9.69. The van der Waals surface area contributed by atoms with Gasteiger partial charge < -0.3 is 39.3 Å². The maximum Gasteiger partial charge on any atom is 0.513 e. The number of ether oxygens (including phenoxy) is 6. The number of carbonyl (C=O) groups excluding carboxylic acids is 3. The van der Waals surface area contributed by atoms with Gasteiger partial charge in [-0.2, -0.15) is 0 Å². The van der Waals surface area contributed by atoms with E-state index in [2.05, 4.69) is 0 Å². The lowest BCUT2D eigenvalue weighted by Gasteiger charge is -2.28. The van der Waals surface area contributed by atoms with Crippen LogP contribution in [0.3, 0.4) is 0 Å². The highest BCUT2D eigenvalue weighted by Gasteiger charge is 2.33. The Morgan fingerprint density at radius 2 is 1.22 bits per heavy atom. The summed E-state index contributed by atoms with van der Waals surface area (Å²) in [6, 6.07) is 2.73. The third-order valence-electron chi connectivity index (χ3n) is 5.85. The molecule has 0 radical (unpaired) electrons. The van der Waals surface area contributed by atoms with Crippen molar-refractivity contribution in [1.29, 1.82) is 0 Å². The van der Waals surface area contributed by atoms with Crippen LogP contribution >= 0.6 is 0 Å². The topological polar surface area (TPSA) is 170 Å². The van der Waals surface area contributed by atoms with Gasteiger partial charge in [0.15, 0.2) is 11.5 Å². The summed E-state index contributed by atoms with van der Waals surface area (Å²) in [6.07, 6.45) is -1.70. The average molecular weight is 584 g/mol. The van der Waals surface area contributed by atoms with Crippen LogP contribution in [0.5, 0.6) is 11.5 Å². The van der Waals surface area contributed by atoms with Gasteiger partial charge in [0.25, 0.3) is 0 Å². The lowest BCUT2D eigenvalue weighted by Crippen LogP contribution is -2.40. The molecule has 3 atom stereocenters. The number of hydrogen-bond acceptors (Lipinski definition) is 11. The van der Waals surface area contributed by atoms with Gasteiger partial charge in [-0.25, -0.2) is 14.4 Å². The molecule has 3 N–H and O–H groups in total. The fourth-order valence-corrected chi connectivity index (χ4v) is 3.51. The van der Waals surface area contributed by atoms with Gasteiger partial charge in [-0.3, -0.25) is 4.79 Å².